The molecule has 0 bridgehead atoms. The molecule has 1 aliphatic heterocycles. The van der Waals surface area contributed by atoms with E-state index < -0.39 is 15.8 Å². The van der Waals surface area contributed by atoms with Gasteiger partial charge in [0.15, 0.2) is 9.84 Å². The number of carbonyl (C=O) groups is 1. The van der Waals surface area contributed by atoms with Gasteiger partial charge in [0.1, 0.15) is 0 Å². The molecule has 0 saturated carbocycles. The second-order valence-electron chi connectivity index (χ2n) is 4.35. The summed E-state index contributed by atoms with van der Waals surface area (Å²) in [4.78, 5) is 12.4. The zero-order valence-corrected chi connectivity index (χ0v) is 10.4. The zero-order chi connectivity index (χ0) is 12.2. The van der Waals surface area contributed by atoms with Gasteiger partial charge in [0.05, 0.1) is 11.5 Å². The topological polar surface area (TPSA) is 74.7 Å². The van der Waals surface area contributed by atoms with E-state index in [1.54, 1.807) is 0 Å². The van der Waals surface area contributed by atoms with E-state index in [1.165, 1.54) is 0 Å². The Morgan fingerprint density at radius 2 is 2.12 bits per heavy atom. The molecule has 1 rings (SSSR count). The number of rotatable bonds is 5. The summed E-state index contributed by atoms with van der Waals surface area (Å²) in [5.41, 5.74) is 0. The molecule has 0 aromatic carbocycles. The van der Waals surface area contributed by atoms with Crippen LogP contribution in [0, 0.1) is 0 Å². The summed E-state index contributed by atoms with van der Waals surface area (Å²) in [5, 5.41) is 8.48. The van der Waals surface area contributed by atoms with Crippen molar-refractivity contribution in [3.63, 3.8) is 0 Å². The summed E-state index contributed by atoms with van der Waals surface area (Å²) in [5.74, 6) is -0.309. The zero-order valence-electron chi connectivity index (χ0n) is 9.55. The number of aliphatic carboxylic acids is 1. The highest BCUT2D eigenvalue weighted by atomic mass is 32.2. The summed E-state index contributed by atoms with van der Waals surface area (Å²) in [6, 6.07) is 0.0589. The van der Waals surface area contributed by atoms with E-state index in [0.29, 0.717) is 13.0 Å². The molecule has 0 aliphatic carbocycles. The van der Waals surface area contributed by atoms with E-state index in [-0.39, 0.29) is 24.0 Å². The highest BCUT2D eigenvalue weighted by Crippen LogP contribution is 2.12. The van der Waals surface area contributed by atoms with Crippen molar-refractivity contribution in [2.45, 2.75) is 32.2 Å². The van der Waals surface area contributed by atoms with Crippen LogP contribution in [0.15, 0.2) is 0 Å². The summed E-state index contributed by atoms with van der Waals surface area (Å²) in [6.07, 6.45) is 1.67. The van der Waals surface area contributed by atoms with Gasteiger partial charge in [-0.15, -0.1) is 0 Å². The minimum Gasteiger partial charge on any atom is -0.481 e. The second-order valence-corrected chi connectivity index (χ2v) is 6.58. The first-order valence-corrected chi connectivity index (χ1v) is 7.39. The quantitative estimate of drug-likeness (QED) is 0.712. The Bertz CT molecular complexity index is 339. The molecule has 0 aromatic rings. The first kappa shape index (κ1) is 13.4. The molecule has 1 heterocycles. The number of hydrogen-bond donors (Lipinski definition) is 1. The van der Waals surface area contributed by atoms with Crippen LogP contribution < -0.4 is 0 Å². The fraction of sp³-hybridized carbons (Fsp3) is 0.900. The van der Waals surface area contributed by atoms with Gasteiger partial charge in [0, 0.05) is 19.0 Å². The Labute approximate surface area is 96.4 Å². The van der Waals surface area contributed by atoms with Crippen LogP contribution in [0.3, 0.4) is 0 Å². The maximum absolute atomic E-state index is 11.3. The van der Waals surface area contributed by atoms with Gasteiger partial charge in [-0.05, 0) is 26.3 Å². The molecule has 1 fully saturated rings. The summed E-state index contributed by atoms with van der Waals surface area (Å²) < 4.78 is 22.6. The lowest BCUT2D eigenvalue weighted by molar-refractivity contribution is -0.137. The SMILES string of the molecule is CC1CS(=O)(=O)CCN1CCCCC(=O)O. The third kappa shape index (κ3) is 4.49. The van der Waals surface area contributed by atoms with E-state index in [9.17, 15) is 13.2 Å². The Morgan fingerprint density at radius 3 is 2.69 bits per heavy atom. The molecule has 1 aliphatic rings. The fourth-order valence-electron chi connectivity index (χ4n) is 1.96. The number of sulfone groups is 1. The Balaban J connectivity index is 2.26. The van der Waals surface area contributed by atoms with Crippen LogP contribution in [0.25, 0.3) is 0 Å². The van der Waals surface area contributed by atoms with Crippen molar-refractivity contribution >= 4 is 15.8 Å². The minimum atomic E-state index is -2.84. The Hall–Kier alpha value is -0.620. The third-order valence-electron chi connectivity index (χ3n) is 2.89. The van der Waals surface area contributed by atoms with Crippen molar-refractivity contribution < 1.29 is 18.3 Å². The molecule has 16 heavy (non-hydrogen) atoms. The highest BCUT2D eigenvalue weighted by Gasteiger charge is 2.27. The summed E-state index contributed by atoms with van der Waals surface area (Å²) in [6.45, 7) is 3.29. The van der Waals surface area contributed by atoms with Crippen molar-refractivity contribution in [2.24, 2.45) is 0 Å². The molecule has 1 N–H and O–H groups in total. The van der Waals surface area contributed by atoms with Gasteiger partial charge < -0.3 is 5.11 Å². The second kappa shape index (κ2) is 5.63. The van der Waals surface area contributed by atoms with Crippen LogP contribution in [0.1, 0.15) is 26.2 Å². The number of carboxylic acids is 1. The molecule has 6 heteroatoms. The summed E-state index contributed by atoms with van der Waals surface area (Å²) in [7, 11) is -2.84. The average molecular weight is 249 g/mol. The van der Waals surface area contributed by atoms with Gasteiger partial charge in [0.25, 0.3) is 0 Å². The van der Waals surface area contributed by atoms with E-state index in [2.05, 4.69) is 4.90 Å². The fourth-order valence-corrected chi connectivity index (χ4v) is 3.58. The third-order valence-corrected chi connectivity index (χ3v) is 4.69. The van der Waals surface area contributed by atoms with E-state index in [0.717, 1.165) is 13.0 Å². The molecule has 0 amide bonds. The average Bonchev–Trinajstić information content (AvgIpc) is 2.13. The van der Waals surface area contributed by atoms with Gasteiger partial charge >= 0.3 is 5.97 Å². The van der Waals surface area contributed by atoms with Crippen LogP contribution in [0.5, 0.6) is 0 Å². The molecular formula is C10H19NO4S. The molecule has 1 saturated heterocycles. The molecule has 1 unspecified atom stereocenters. The van der Waals surface area contributed by atoms with E-state index in [1.807, 2.05) is 6.92 Å². The predicted octanol–water partition coefficient (Wildman–Crippen LogP) is 0.360. The van der Waals surface area contributed by atoms with Crippen molar-refractivity contribution in [2.75, 3.05) is 24.6 Å². The monoisotopic (exact) mass is 249 g/mol. The van der Waals surface area contributed by atoms with Gasteiger partial charge in [-0.1, -0.05) is 0 Å². The largest absolute Gasteiger partial charge is 0.481 e. The molecule has 0 radical (unpaired) electrons. The van der Waals surface area contributed by atoms with Crippen LogP contribution in [-0.4, -0.2) is 55.0 Å². The smallest absolute Gasteiger partial charge is 0.303 e. The minimum absolute atomic E-state index is 0.0589. The lowest BCUT2D eigenvalue weighted by atomic mass is 10.2. The Morgan fingerprint density at radius 1 is 1.44 bits per heavy atom. The Kier molecular flexibility index (Phi) is 4.73. The maximum Gasteiger partial charge on any atom is 0.303 e. The van der Waals surface area contributed by atoms with Gasteiger partial charge in [-0.25, -0.2) is 8.42 Å². The highest BCUT2D eigenvalue weighted by molar-refractivity contribution is 7.91. The number of carboxylic acid groups (broad SMARTS) is 1. The van der Waals surface area contributed by atoms with Crippen LogP contribution in [0.2, 0.25) is 0 Å². The number of hydrogen-bond acceptors (Lipinski definition) is 4. The standard InChI is InChI=1S/C10H19NO4S/c1-9-8-16(14,15)7-6-11(9)5-3-2-4-10(12)13/h9H,2-8H2,1H3,(H,12,13). The predicted molar refractivity (Wildman–Crippen MR) is 61.2 cm³/mol. The lowest BCUT2D eigenvalue weighted by Crippen LogP contribution is -2.47. The van der Waals surface area contributed by atoms with Crippen LogP contribution >= 0.6 is 0 Å². The number of nitrogens with zero attached hydrogens (tertiary/aromatic N) is 1. The molecular weight excluding hydrogens is 230 g/mol. The molecule has 1 atom stereocenters. The van der Waals surface area contributed by atoms with Gasteiger partial charge in [-0.3, -0.25) is 9.69 Å². The molecule has 94 valence electrons. The molecule has 5 nitrogen and oxygen atoms in total. The first-order valence-electron chi connectivity index (χ1n) is 5.57. The van der Waals surface area contributed by atoms with Crippen molar-refractivity contribution in [3.05, 3.63) is 0 Å². The molecule has 0 spiro atoms. The van der Waals surface area contributed by atoms with Crippen molar-refractivity contribution in [1.82, 2.24) is 4.90 Å². The van der Waals surface area contributed by atoms with Crippen molar-refractivity contribution in [1.29, 1.82) is 0 Å². The normalized spacial score (nSPS) is 25.4. The van der Waals surface area contributed by atoms with Crippen molar-refractivity contribution in [3.8, 4) is 0 Å². The molecule has 0 aromatic heterocycles. The van der Waals surface area contributed by atoms with Gasteiger partial charge in [-0.2, -0.15) is 0 Å². The van der Waals surface area contributed by atoms with Crippen LogP contribution in [-0.2, 0) is 14.6 Å². The van der Waals surface area contributed by atoms with E-state index >= 15 is 0 Å². The maximum atomic E-state index is 11.3. The summed E-state index contributed by atoms with van der Waals surface area (Å²) >= 11 is 0. The van der Waals surface area contributed by atoms with Crippen LogP contribution in [0.4, 0.5) is 0 Å². The van der Waals surface area contributed by atoms with Gasteiger partial charge in [0.2, 0.25) is 0 Å². The first-order chi connectivity index (χ1) is 7.41. The lowest BCUT2D eigenvalue weighted by Gasteiger charge is -2.32. The number of unbranched alkanes of at least 4 members (excludes halogenated alkanes) is 1. The van der Waals surface area contributed by atoms with E-state index in [4.69, 9.17) is 5.11 Å².